The van der Waals surface area contributed by atoms with Gasteiger partial charge in [0.15, 0.2) is 0 Å². The molecule has 0 fully saturated rings. The number of benzene rings is 1. The number of hydrogen-bond acceptors (Lipinski definition) is 2. The number of hydrogen-bond donors (Lipinski definition) is 1. The zero-order valence-electron chi connectivity index (χ0n) is 11.4. The smallest absolute Gasteiger partial charge is 0.0446 e. The topological polar surface area (TPSA) is 12.0 Å². The molecule has 0 aliphatic carbocycles. The molecule has 100 valence electrons. The first-order chi connectivity index (χ1) is 8.65. The average Bonchev–Trinajstić information content (AvgIpc) is 2.36. The third kappa shape index (κ3) is 2.94. The van der Waals surface area contributed by atoms with Crippen LogP contribution < -0.4 is 5.32 Å². The highest BCUT2D eigenvalue weighted by Gasteiger charge is 2.32. The zero-order chi connectivity index (χ0) is 13.1. The van der Waals surface area contributed by atoms with Crippen molar-refractivity contribution in [1.29, 1.82) is 0 Å². The molecule has 1 aliphatic rings. The van der Waals surface area contributed by atoms with Gasteiger partial charge >= 0.3 is 0 Å². The summed E-state index contributed by atoms with van der Waals surface area (Å²) in [6.45, 7) is 8.00. The lowest BCUT2D eigenvalue weighted by molar-refractivity contribution is 0.438. The van der Waals surface area contributed by atoms with Crippen molar-refractivity contribution < 1.29 is 0 Å². The number of thioether (sulfide) groups is 1. The van der Waals surface area contributed by atoms with Crippen LogP contribution in [0.25, 0.3) is 0 Å². The lowest BCUT2D eigenvalue weighted by Crippen LogP contribution is -2.36. The molecule has 1 aromatic carbocycles. The van der Waals surface area contributed by atoms with Gasteiger partial charge in [-0.25, -0.2) is 0 Å². The summed E-state index contributed by atoms with van der Waals surface area (Å²) in [6.07, 6.45) is 1.19. The molecule has 0 radical (unpaired) electrons. The predicted molar refractivity (Wildman–Crippen MR) is 85.1 cm³/mol. The molecule has 0 amide bonds. The van der Waals surface area contributed by atoms with E-state index in [1.165, 1.54) is 22.0 Å². The maximum atomic E-state index is 3.74. The second-order valence-electron chi connectivity index (χ2n) is 5.26. The highest BCUT2D eigenvalue weighted by molar-refractivity contribution is 9.10. The maximum absolute atomic E-state index is 3.74. The van der Waals surface area contributed by atoms with Gasteiger partial charge < -0.3 is 5.32 Å². The van der Waals surface area contributed by atoms with Gasteiger partial charge in [0.25, 0.3) is 0 Å². The summed E-state index contributed by atoms with van der Waals surface area (Å²) in [5.41, 5.74) is 2.98. The van der Waals surface area contributed by atoms with E-state index in [4.69, 9.17) is 0 Å². The maximum Gasteiger partial charge on any atom is 0.0446 e. The van der Waals surface area contributed by atoms with Crippen LogP contribution in [0.3, 0.4) is 0 Å². The predicted octanol–water partition coefficient (Wildman–Crippen LogP) is 4.76. The van der Waals surface area contributed by atoms with Gasteiger partial charge in [0.2, 0.25) is 0 Å². The van der Waals surface area contributed by atoms with Crippen LogP contribution in [0.2, 0.25) is 0 Å². The second-order valence-corrected chi connectivity index (χ2v) is 7.28. The molecule has 0 saturated carbocycles. The zero-order valence-corrected chi connectivity index (χ0v) is 13.8. The standard InChI is InChI=1S/C15H22BrNS/c1-4-8-17-14-11-6-5-7-13(16)12(11)9-18-15(14)10(2)3/h5-7,10,14-15,17H,4,8-9H2,1-3H3. The molecular formula is C15H22BrNS. The normalized spacial score (nSPS) is 23.2. The Morgan fingerprint density at radius 1 is 1.44 bits per heavy atom. The van der Waals surface area contributed by atoms with E-state index in [1.54, 1.807) is 0 Å². The molecule has 0 saturated heterocycles. The molecule has 1 aliphatic heterocycles. The van der Waals surface area contributed by atoms with Crippen molar-refractivity contribution in [3.05, 3.63) is 33.8 Å². The summed E-state index contributed by atoms with van der Waals surface area (Å²) < 4.78 is 1.26. The molecule has 18 heavy (non-hydrogen) atoms. The Kier molecular flexibility index (Phi) is 5.16. The SMILES string of the molecule is CCCNC1c2cccc(Br)c2CSC1C(C)C. The minimum atomic E-state index is 0.496. The summed E-state index contributed by atoms with van der Waals surface area (Å²) in [7, 11) is 0. The number of nitrogens with one attached hydrogen (secondary N) is 1. The van der Waals surface area contributed by atoms with Crippen LogP contribution in [0.15, 0.2) is 22.7 Å². The third-order valence-corrected chi connectivity index (χ3v) is 5.91. The van der Waals surface area contributed by atoms with Gasteiger partial charge in [-0.2, -0.15) is 11.8 Å². The van der Waals surface area contributed by atoms with Crippen molar-refractivity contribution in [3.63, 3.8) is 0 Å². The largest absolute Gasteiger partial charge is 0.309 e. The second kappa shape index (κ2) is 6.44. The van der Waals surface area contributed by atoms with E-state index >= 15 is 0 Å². The molecule has 1 aromatic rings. The van der Waals surface area contributed by atoms with Crippen LogP contribution >= 0.6 is 27.7 Å². The molecule has 2 rings (SSSR count). The molecule has 0 bridgehead atoms. The van der Waals surface area contributed by atoms with Crippen LogP contribution in [0, 0.1) is 5.92 Å². The lowest BCUT2D eigenvalue weighted by atomic mass is 9.92. The summed E-state index contributed by atoms with van der Waals surface area (Å²) >= 11 is 5.79. The minimum Gasteiger partial charge on any atom is -0.309 e. The molecule has 0 spiro atoms. The Hall–Kier alpha value is 0.01000. The van der Waals surface area contributed by atoms with Crippen LogP contribution in [0.5, 0.6) is 0 Å². The van der Waals surface area contributed by atoms with Gasteiger partial charge in [-0.3, -0.25) is 0 Å². The molecule has 1 N–H and O–H groups in total. The van der Waals surface area contributed by atoms with Crippen molar-refractivity contribution >= 4 is 27.7 Å². The molecule has 2 atom stereocenters. The van der Waals surface area contributed by atoms with Crippen LogP contribution in [-0.4, -0.2) is 11.8 Å². The van der Waals surface area contributed by atoms with E-state index in [0.29, 0.717) is 17.2 Å². The number of halogens is 1. The molecule has 2 unspecified atom stereocenters. The van der Waals surface area contributed by atoms with E-state index in [1.807, 2.05) is 0 Å². The van der Waals surface area contributed by atoms with Crippen LogP contribution in [-0.2, 0) is 5.75 Å². The molecular weight excluding hydrogens is 306 g/mol. The average molecular weight is 328 g/mol. The summed E-state index contributed by atoms with van der Waals surface area (Å²) in [4.78, 5) is 0. The third-order valence-electron chi connectivity index (χ3n) is 3.51. The van der Waals surface area contributed by atoms with Gasteiger partial charge in [0, 0.05) is 21.5 Å². The first-order valence-electron chi connectivity index (χ1n) is 6.77. The number of fused-ring (bicyclic) bond motifs is 1. The quantitative estimate of drug-likeness (QED) is 0.855. The van der Waals surface area contributed by atoms with Crippen molar-refractivity contribution in [2.75, 3.05) is 6.54 Å². The van der Waals surface area contributed by atoms with Gasteiger partial charge in [0.1, 0.15) is 0 Å². The van der Waals surface area contributed by atoms with Crippen molar-refractivity contribution in [2.24, 2.45) is 5.92 Å². The highest BCUT2D eigenvalue weighted by atomic mass is 79.9. The van der Waals surface area contributed by atoms with Gasteiger partial charge in [0.05, 0.1) is 0 Å². The Bertz CT molecular complexity index is 405. The fourth-order valence-corrected chi connectivity index (χ4v) is 4.78. The van der Waals surface area contributed by atoms with Gasteiger partial charge in [-0.05, 0) is 36.1 Å². The first kappa shape index (κ1) is 14.4. The van der Waals surface area contributed by atoms with E-state index in [-0.39, 0.29) is 0 Å². The van der Waals surface area contributed by atoms with E-state index in [0.717, 1.165) is 12.3 Å². The summed E-state index contributed by atoms with van der Waals surface area (Å²) in [6, 6.07) is 7.11. The summed E-state index contributed by atoms with van der Waals surface area (Å²) in [5, 5.41) is 4.42. The Morgan fingerprint density at radius 3 is 2.89 bits per heavy atom. The summed E-state index contributed by atoms with van der Waals surface area (Å²) in [5.74, 6) is 1.83. The number of rotatable bonds is 4. The highest BCUT2D eigenvalue weighted by Crippen LogP contribution is 2.43. The molecule has 1 nitrogen and oxygen atoms in total. The lowest BCUT2D eigenvalue weighted by Gasteiger charge is -2.36. The van der Waals surface area contributed by atoms with Crippen LogP contribution in [0.1, 0.15) is 44.4 Å². The minimum absolute atomic E-state index is 0.496. The van der Waals surface area contributed by atoms with Gasteiger partial charge in [-0.1, -0.05) is 48.8 Å². The Balaban J connectivity index is 2.32. The van der Waals surface area contributed by atoms with Crippen molar-refractivity contribution in [2.45, 2.75) is 44.2 Å². The molecule has 0 aromatic heterocycles. The van der Waals surface area contributed by atoms with Crippen LogP contribution in [0.4, 0.5) is 0 Å². The molecule has 1 heterocycles. The first-order valence-corrected chi connectivity index (χ1v) is 8.61. The molecule has 3 heteroatoms. The Morgan fingerprint density at radius 2 is 2.22 bits per heavy atom. The van der Waals surface area contributed by atoms with Crippen molar-refractivity contribution in [1.82, 2.24) is 5.32 Å². The van der Waals surface area contributed by atoms with Crippen molar-refractivity contribution in [3.8, 4) is 0 Å². The van der Waals surface area contributed by atoms with Gasteiger partial charge in [-0.15, -0.1) is 0 Å². The van der Waals surface area contributed by atoms with E-state index in [2.05, 4.69) is 72.0 Å². The van der Waals surface area contributed by atoms with E-state index < -0.39 is 0 Å². The fourth-order valence-electron chi connectivity index (χ4n) is 2.58. The monoisotopic (exact) mass is 327 g/mol. The Labute approximate surface area is 123 Å². The van der Waals surface area contributed by atoms with E-state index in [9.17, 15) is 0 Å². The fraction of sp³-hybridized carbons (Fsp3) is 0.600.